The standard InChI is InChI=1S/C5H13N3S/c6-1-4-5(8)3(7)2-9-4/h3-5H,1-2,6-8H2/t3-,4?,5+/m0/s1. The Morgan fingerprint density at radius 1 is 1.44 bits per heavy atom. The third kappa shape index (κ3) is 1.38. The lowest BCUT2D eigenvalue weighted by Crippen LogP contribution is -2.45. The summed E-state index contributed by atoms with van der Waals surface area (Å²) in [6, 6.07) is 0.267. The van der Waals surface area contributed by atoms with Crippen LogP contribution >= 0.6 is 11.8 Å². The second kappa shape index (κ2) is 2.88. The maximum absolute atomic E-state index is 5.71. The number of hydrogen-bond donors (Lipinski definition) is 3. The van der Waals surface area contributed by atoms with Crippen LogP contribution in [0.5, 0.6) is 0 Å². The Labute approximate surface area is 59.3 Å². The van der Waals surface area contributed by atoms with Crippen LogP contribution in [0.3, 0.4) is 0 Å². The van der Waals surface area contributed by atoms with E-state index in [2.05, 4.69) is 0 Å². The van der Waals surface area contributed by atoms with Gasteiger partial charge in [0.05, 0.1) is 0 Å². The van der Waals surface area contributed by atoms with Gasteiger partial charge in [0.25, 0.3) is 0 Å². The molecule has 1 fully saturated rings. The van der Waals surface area contributed by atoms with Crippen molar-refractivity contribution in [2.24, 2.45) is 17.2 Å². The van der Waals surface area contributed by atoms with Crippen molar-refractivity contribution >= 4 is 11.8 Å². The summed E-state index contributed by atoms with van der Waals surface area (Å²) in [7, 11) is 0. The lowest BCUT2D eigenvalue weighted by atomic mass is 10.1. The summed E-state index contributed by atoms with van der Waals surface area (Å²) < 4.78 is 0. The van der Waals surface area contributed by atoms with E-state index in [0.29, 0.717) is 11.8 Å². The molecule has 0 bridgehead atoms. The molecular formula is C5H13N3S. The molecule has 54 valence electrons. The molecule has 4 heteroatoms. The van der Waals surface area contributed by atoms with E-state index in [4.69, 9.17) is 17.2 Å². The number of hydrogen-bond acceptors (Lipinski definition) is 4. The Morgan fingerprint density at radius 2 is 2.11 bits per heavy atom. The third-order valence-electron chi connectivity index (χ3n) is 1.66. The number of nitrogens with two attached hydrogens (primary N) is 3. The molecule has 0 radical (unpaired) electrons. The average molecular weight is 147 g/mol. The first-order chi connectivity index (χ1) is 4.25. The minimum atomic E-state index is 0.111. The largest absolute Gasteiger partial charge is 0.329 e. The molecule has 1 rings (SSSR count). The summed E-state index contributed by atoms with van der Waals surface area (Å²) in [4.78, 5) is 0. The second-order valence-corrected chi connectivity index (χ2v) is 3.62. The van der Waals surface area contributed by atoms with Crippen LogP contribution < -0.4 is 17.2 Å². The molecule has 9 heavy (non-hydrogen) atoms. The summed E-state index contributed by atoms with van der Waals surface area (Å²) in [6.45, 7) is 0.652. The highest BCUT2D eigenvalue weighted by atomic mass is 32.2. The zero-order valence-corrected chi connectivity index (χ0v) is 6.10. The van der Waals surface area contributed by atoms with Crippen molar-refractivity contribution < 1.29 is 0 Å². The van der Waals surface area contributed by atoms with E-state index in [9.17, 15) is 0 Å². The molecule has 1 saturated heterocycles. The van der Waals surface area contributed by atoms with Gasteiger partial charge in [-0.15, -0.1) is 0 Å². The molecule has 0 spiro atoms. The molecule has 1 aliphatic heterocycles. The quantitative estimate of drug-likeness (QED) is 0.431. The van der Waals surface area contributed by atoms with Crippen LogP contribution in [0.15, 0.2) is 0 Å². The SMILES string of the molecule is NCC1SC[C@H](N)[C@H]1N. The first-order valence-electron chi connectivity index (χ1n) is 3.08. The van der Waals surface area contributed by atoms with Crippen molar-refractivity contribution in [3.05, 3.63) is 0 Å². The summed E-state index contributed by atoms with van der Waals surface area (Å²) in [5.74, 6) is 0.961. The lowest BCUT2D eigenvalue weighted by molar-refractivity contribution is 0.574. The summed E-state index contributed by atoms with van der Waals surface area (Å²) in [5, 5.41) is 0.389. The van der Waals surface area contributed by atoms with Crippen LogP contribution in [0.1, 0.15) is 0 Å². The lowest BCUT2D eigenvalue weighted by Gasteiger charge is -2.13. The van der Waals surface area contributed by atoms with Gasteiger partial charge in [0, 0.05) is 29.6 Å². The molecule has 0 aromatic carbocycles. The molecule has 0 aliphatic carbocycles. The Balaban J connectivity index is 2.41. The first-order valence-corrected chi connectivity index (χ1v) is 4.13. The Morgan fingerprint density at radius 3 is 2.33 bits per heavy atom. The van der Waals surface area contributed by atoms with Gasteiger partial charge in [-0.3, -0.25) is 0 Å². The summed E-state index contributed by atoms with van der Waals surface area (Å²) >= 11 is 1.78. The summed E-state index contributed by atoms with van der Waals surface area (Å²) in [5.41, 5.74) is 16.8. The fourth-order valence-electron chi connectivity index (χ4n) is 0.958. The predicted molar refractivity (Wildman–Crippen MR) is 41.3 cm³/mol. The van der Waals surface area contributed by atoms with Crippen molar-refractivity contribution in [3.63, 3.8) is 0 Å². The van der Waals surface area contributed by atoms with Gasteiger partial charge >= 0.3 is 0 Å². The highest BCUT2D eigenvalue weighted by molar-refractivity contribution is 8.00. The highest BCUT2D eigenvalue weighted by Gasteiger charge is 2.29. The predicted octanol–water partition coefficient (Wildman–Crippen LogP) is -1.28. The Hall–Kier alpha value is 0.230. The molecule has 0 aromatic rings. The van der Waals surface area contributed by atoms with Crippen LogP contribution in [0.2, 0.25) is 0 Å². The van der Waals surface area contributed by atoms with Crippen molar-refractivity contribution in [3.8, 4) is 0 Å². The molecule has 1 aliphatic rings. The highest BCUT2D eigenvalue weighted by Crippen LogP contribution is 2.23. The molecule has 0 amide bonds. The van der Waals surface area contributed by atoms with Gasteiger partial charge in [-0.25, -0.2) is 0 Å². The molecule has 3 atom stereocenters. The van der Waals surface area contributed by atoms with E-state index in [-0.39, 0.29) is 12.1 Å². The normalized spacial score (nSPS) is 43.7. The maximum atomic E-state index is 5.71. The molecule has 1 heterocycles. The van der Waals surface area contributed by atoms with Gasteiger partial charge < -0.3 is 17.2 Å². The topological polar surface area (TPSA) is 78.1 Å². The van der Waals surface area contributed by atoms with Crippen LogP contribution in [-0.2, 0) is 0 Å². The van der Waals surface area contributed by atoms with Crippen molar-refractivity contribution in [2.75, 3.05) is 12.3 Å². The molecule has 3 nitrogen and oxygen atoms in total. The third-order valence-corrected chi connectivity index (χ3v) is 3.17. The molecule has 6 N–H and O–H groups in total. The fourth-order valence-corrected chi connectivity index (χ4v) is 2.21. The van der Waals surface area contributed by atoms with Gasteiger partial charge in [0.1, 0.15) is 0 Å². The summed E-state index contributed by atoms with van der Waals surface area (Å²) in [6.07, 6.45) is 0. The maximum Gasteiger partial charge on any atom is 0.0337 e. The minimum Gasteiger partial charge on any atom is -0.329 e. The van der Waals surface area contributed by atoms with E-state index >= 15 is 0 Å². The van der Waals surface area contributed by atoms with Gasteiger partial charge in [-0.2, -0.15) is 11.8 Å². The fraction of sp³-hybridized carbons (Fsp3) is 1.00. The van der Waals surface area contributed by atoms with E-state index in [0.717, 1.165) is 5.75 Å². The van der Waals surface area contributed by atoms with Crippen LogP contribution in [-0.4, -0.2) is 29.6 Å². The van der Waals surface area contributed by atoms with Gasteiger partial charge in [-0.1, -0.05) is 0 Å². The van der Waals surface area contributed by atoms with Gasteiger partial charge in [0.15, 0.2) is 0 Å². The van der Waals surface area contributed by atoms with Crippen LogP contribution in [0.4, 0.5) is 0 Å². The molecule has 1 unspecified atom stereocenters. The van der Waals surface area contributed by atoms with Crippen LogP contribution in [0.25, 0.3) is 0 Å². The van der Waals surface area contributed by atoms with E-state index in [1.165, 1.54) is 0 Å². The number of rotatable bonds is 1. The van der Waals surface area contributed by atoms with Crippen molar-refractivity contribution in [2.45, 2.75) is 17.3 Å². The smallest absolute Gasteiger partial charge is 0.0337 e. The van der Waals surface area contributed by atoms with E-state index in [1.807, 2.05) is 0 Å². The van der Waals surface area contributed by atoms with Crippen LogP contribution in [0, 0.1) is 0 Å². The monoisotopic (exact) mass is 147 g/mol. The van der Waals surface area contributed by atoms with E-state index in [1.54, 1.807) is 11.8 Å². The Bertz CT molecular complexity index is 98.2. The minimum absolute atomic E-state index is 0.111. The van der Waals surface area contributed by atoms with Gasteiger partial charge in [0.2, 0.25) is 0 Å². The first kappa shape index (κ1) is 7.34. The van der Waals surface area contributed by atoms with Crippen molar-refractivity contribution in [1.82, 2.24) is 0 Å². The average Bonchev–Trinajstić information content (AvgIpc) is 2.15. The number of thioether (sulfide) groups is 1. The van der Waals surface area contributed by atoms with E-state index < -0.39 is 0 Å². The molecule has 0 aromatic heterocycles. The Kier molecular flexibility index (Phi) is 2.35. The second-order valence-electron chi connectivity index (χ2n) is 2.35. The molecule has 0 saturated carbocycles. The zero-order chi connectivity index (χ0) is 6.85. The van der Waals surface area contributed by atoms with Gasteiger partial charge in [-0.05, 0) is 0 Å². The van der Waals surface area contributed by atoms with Crippen molar-refractivity contribution in [1.29, 1.82) is 0 Å². The zero-order valence-electron chi connectivity index (χ0n) is 5.29. The molecular weight excluding hydrogens is 134 g/mol.